The monoisotopic (exact) mass is 829 g/mol. The second kappa shape index (κ2) is 16.5. The lowest BCUT2D eigenvalue weighted by Crippen LogP contribution is -2.03. The van der Waals surface area contributed by atoms with Crippen LogP contribution in [-0.2, 0) is 0 Å². The summed E-state index contributed by atoms with van der Waals surface area (Å²) in [5, 5.41) is 22.0. The lowest BCUT2D eigenvalue weighted by molar-refractivity contribution is 1.13. The Labute approximate surface area is 375 Å². The van der Waals surface area contributed by atoms with Gasteiger partial charge >= 0.3 is 0 Å². The van der Waals surface area contributed by atoms with Crippen LogP contribution in [0, 0.1) is 22.7 Å². The van der Waals surface area contributed by atoms with Gasteiger partial charge in [0, 0.05) is 44.2 Å². The minimum Gasteiger partial charge on any atom is -0.308 e. The number of aromatic nitrogens is 5. The highest BCUT2D eigenvalue weighted by Crippen LogP contribution is 2.41. The van der Waals surface area contributed by atoms with Crippen LogP contribution in [0.3, 0.4) is 0 Å². The van der Waals surface area contributed by atoms with Gasteiger partial charge in [0.25, 0.3) is 0 Å². The standard InChI is InChI=1S/C58H35N7/c59-36-38-25-28-46(45(31-38)37-60)43-26-29-48-47-23-13-14-24-54(47)65(56(48)33-43)55-30-27-44(53-35-50(39-15-5-1-6-16-39)61-57(62-53)42-21-11-4-12-22-42)32-49(55)58-63-51(40-17-7-2-8-18-40)34-52(64-58)41-19-9-3-10-20-41/h1-35H. The van der Waals surface area contributed by atoms with Crippen LogP contribution < -0.4 is 0 Å². The SMILES string of the molecule is N#Cc1ccc(-c2ccc3c4ccccc4n(-c4ccc(-c5cc(-c6ccccc6)nc(-c6ccccc6)n5)cc4-c4nc(-c5ccccc5)cc(-c5ccccc5)n4)c3c2)c(C#N)c1. The molecule has 7 nitrogen and oxygen atoms in total. The number of hydrogen-bond acceptors (Lipinski definition) is 6. The van der Waals surface area contributed by atoms with Crippen molar-refractivity contribution < 1.29 is 0 Å². The van der Waals surface area contributed by atoms with E-state index in [1.165, 1.54) is 0 Å². The molecule has 11 rings (SSSR count). The highest BCUT2D eigenvalue weighted by molar-refractivity contribution is 6.11. The van der Waals surface area contributed by atoms with Crippen molar-refractivity contribution in [1.29, 1.82) is 10.5 Å². The van der Waals surface area contributed by atoms with E-state index in [2.05, 4.69) is 114 Å². The molecular weight excluding hydrogens is 795 g/mol. The molecule has 0 saturated heterocycles. The largest absolute Gasteiger partial charge is 0.308 e. The van der Waals surface area contributed by atoms with Gasteiger partial charge in [0.15, 0.2) is 11.6 Å². The lowest BCUT2D eigenvalue weighted by Gasteiger charge is -2.17. The molecule has 0 aliphatic rings. The van der Waals surface area contributed by atoms with Crippen LogP contribution in [0.15, 0.2) is 212 Å². The van der Waals surface area contributed by atoms with E-state index in [1.807, 2.05) is 103 Å². The number of nitriles is 2. The smallest absolute Gasteiger partial charge is 0.162 e. The van der Waals surface area contributed by atoms with Crippen molar-refractivity contribution in [2.45, 2.75) is 0 Å². The third-order valence-electron chi connectivity index (χ3n) is 11.7. The number of fused-ring (bicyclic) bond motifs is 3. The highest BCUT2D eigenvalue weighted by atomic mass is 15.0. The molecule has 0 amide bonds. The molecule has 0 spiro atoms. The number of nitrogens with zero attached hydrogens (tertiary/aromatic N) is 7. The predicted octanol–water partition coefficient (Wildman–Crippen LogP) is 13.8. The van der Waals surface area contributed by atoms with Crippen LogP contribution in [-0.4, -0.2) is 24.5 Å². The van der Waals surface area contributed by atoms with Crippen molar-refractivity contribution in [1.82, 2.24) is 24.5 Å². The van der Waals surface area contributed by atoms with Gasteiger partial charge in [-0.2, -0.15) is 10.5 Å². The van der Waals surface area contributed by atoms with Crippen LogP contribution in [0.4, 0.5) is 0 Å². The molecule has 0 atom stereocenters. The molecule has 3 heterocycles. The fourth-order valence-electron chi connectivity index (χ4n) is 8.57. The first kappa shape index (κ1) is 38.6. The molecule has 302 valence electrons. The van der Waals surface area contributed by atoms with Gasteiger partial charge in [-0.25, -0.2) is 19.9 Å². The molecule has 3 aromatic heterocycles. The Bertz CT molecular complexity index is 3550. The van der Waals surface area contributed by atoms with E-state index in [-0.39, 0.29) is 0 Å². The van der Waals surface area contributed by atoms with Crippen LogP contribution in [0.25, 0.3) is 106 Å². The maximum atomic E-state index is 10.2. The normalized spacial score (nSPS) is 11.0. The van der Waals surface area contributed by atoms with Crippen molar-refractivity contribution in [2.24, 2.45) is 0 Å². The summed E-state index contributed by atoms with van der Waals surface area (Å²) in [6.45, 7) is 0. The Morgan fingerprint density at radius 3 is 1.43 bits per heavy atom. The van der Waals surface area contributed by atoms with Gasteiger partial charge in [0.05, 0.1) is 62.8 Å². The summed E-state index contributed by atoms with van der Waals surface area (Å²) in [6.07, 6.45) is 0. The van der Waals surface area contributed by atoms with E-state index in [9.17, 15) is 10.5 Å². The fourth-order valence-corrected chi connectivity index (χ4v) is 8.57. The number of rotatable bonds is 8. The average Bonchev–Trinajstić information content (AvgIpc) is 3.72. The molecule has 65 heavy (non-hydrogen) atoms. The molecule has 0 saturated carbocycles. The molecule has 0 unspecified atom stereocenters. The molecule has 0 aliphatic carbocycles. The van der Waals surface area contributed by atoms with Crippen LogP contribution >= 0.6 is 0 Å². The first-order valence-electron chi connectivity index (χ1n) is 21.2. The van der Waals surface area contributed by atoms with Gasteiger partial charge < -0.3 is 4.57 Å². The van der Waals surface area contributed by atoms with Gasteiger partial charge in [-0.05, 0) is 59.7 Å². The Hall–Kier alpha value is -9.30. The molecule has 8 aromatic carbocycles. The molecule has 0 N–H and O–H groups in total. The molecule has 11 aromatic rings. The molecular formula is C58H35N7. The Kier molecular flexibility index (Phi) is 9.82. The first-order valence-corrected chi connectivity index (χ1v) is 21.2. The van der Waals surface area contributed by atoms with Crippen LogP contribution in [0.5, 0.6) is 0 Å². The lowest BCUT2D eigenvalue weighted by atomic mass is 9.97. The molecule has 7 heteroatoms. The van der Waals surface area contributed by atoms with Crippen molar-refractivity contribution in [3.63, 3.8) is 0 Å². The zero-order valence-corrected chi connectivity index (χ0v) is 34.8. The van der Waals surface area contributed by atoms with Gasteiger partial charge in [-0.3, -0.25) is 0 Å². The minimum atomic E-state index is 0.435. The zero-order valence-electron chi connectivity index (χ0n) is 34.8. The molecule has 0 radical (unpaired) electrons. The van der Waals surface area contributed by atoms with Gasteiger partial charge in [-0.1, -0.05) is 164 Å². The Morgan fingerprint density at radius 1 is 0.338 bits per heavy atom. The van der Waals surface area contributed by atoms with Crippen molar-refractivity contribution in [2.75, 3.05) is 0 Å². The zero-order chi connectivity index (χ0) is 43.7. The number of hydrogen-bond donors (Lipinski definition) is 0. The molecule has 0 aliphatic heterocycles. The second-order valence-electron chi connectivity index (χ2n) is 15.7. The summed E-state index contributed by atoms with van der Waals surface area (Å²) in [4.78, 5) is 21.1. The average molecular weight is 830 g/mol. The van der Waals surface area contributed by atoms with Crippen LogP contribution in [0.2, 0.25) is 0 Å². The van der Waals surface area contributed by atoms with E-state index in [1.54, 1.807) is 12.1 Å². The fraction of sp³-hybridized carbons (Fsp3) is 0. The van der Waals surface area contributed by atoms with Gasteiger partial charge in [0.1, 0.15) is 0 Å². The quantitative estimate of drug-likeness (QED) is 0.151. The third kappa shape index (κ3) is 7.26. The topological polar surface area (TPSA) is 104 Å². The summed E-state index contributed by atoms with van der Waals surface area (Å²) in [7, 11) is 0. The Morgan fingerprint density at radius 2 is 0.846 bits per heavy atom. The summed E-state index contributed by atoms with van der Waals surface area (Å²) >= 11 is 0. The Balaban J connectivity index is 1.21. The van der Waals surface area contributed by atoms with Crippen molar-refractivity contribution >= 4 is 21.8 Å². The summed E-state index contributed by atoms with van der Waals surface area (Å²) in [5.74, 6) is 1.17. The summed E-state index contributed by atoms with van der Waals surface area (Å²) in [6, 6.07) is 75.6. The minimum absolute atomic E-state index is 0.435. The van der Waals surface area contributed by atoms with E-state index < -0.39 is 0 Å². The summed E-state index contributed by atoms with van der Waals surface area (Å²) in [5.41, 5.74) is 13.9. The summed E-state index contributed by atoms with van der Waals surface area (Å²) < 4.78 is 2.27. The van der Waals surface area contributed by atoms with Gasteiger partial charge in [-0.15, -0.1) is 0 Å². The number of benzene rings is 8. The predicted molar refractivity (Wildman–Crippen MR) is 259 cm³/mol. The second-order valence-corrected chi connectivity index (χ2v) is 15.7. The first-order chi connectivity index (χ1) is 32.1. The molecule has 0 bridgehead atoms. The van der Waals surface area contributed by atoms with E-state index in [4.69, 9.17) is 19.9 Å². The third-order valence-corrected chi connectivity index (χ3v) is 11.7. The maximum absolute atomic E-state index is 10.2. The van der Waals surface area contributed by atoms with Crippen molar-refractivity contribution in [3.8, 4) is 96.8 Å². The highest BCUT2D eigenvalue weighted by Gasteiger charge is 2.22. The van der Waals surface area contributed by atoms with Crippen molar-refractivity contribution in [3.05, 3.63) is 223 Å². The number of para-hydroxylation sites is 1. The van der Waals surface area contributed by atoms with E-state index >= 15 is 0 Å². The van der Waals surface area contributed by atoms with E-state index in [0.29, 0.717) is 22.8 Å². The maximum Gasteiger partial charge on any atom is 0.162 e. The van der Waals surface area contributed by atoms with Gasteiger partial charge in [0.2, 0.25) is 0 Å². The van der Waals surface area contributed by atoms with Crippen LogP contribution in [0.1, 0.15) is 11.1 Å². The van der Waals surface area contributed by atoms with E-state index in [0.717, 1.165) is 94.8 Å². The molecule has 0 fully saturated rings.